The number of nitro groups is 1. The molecule has 1 heterocycles. The summed E-state index contributed by atoms with van der Waals surface area (Å²) in [6.07, 6.45) is 0. The van der Waals surface area contributed by atoms with Crippen LogP contribution in [0.2, 0.25) is 0 Å². The molecule has 1 unspecified atom stereocenters. The van der Waals surface area contributed by atoms with E-state index < -0.39 is 4.92 Å². The van der Waals surface area contributed by atoms with E-state index in [0.717, 1.165) is 5.75 Å². The van der Waals surface area contributed by atoms with Gasteiger partial charge in [-0.1, -0.05) is 6.92 Å². The number of carbonyl (C=O) groups excluding carboxylic acids is 1. The zero-order chi connectivity index (χ0) is 14.7. The van der Waals surface area contributed by atoms with Crippen molar-refractivity contribution in [1.82, 2.24) is 4.90 Å². The summed E-state index contributed by atoms with van der Waals surface area (Å²) in [5.74, 6) is 5.93. The van der Waals surface area contributed by atoms with Gasteiger partial charge in [0.25, 0.3) is 11.6 Å². The first-order valence-electron chi connectivity index (χ1n) is 6.19. The summed E-state index contributed by atoms with van der Waals surface area (Å²) in [7, 11) is 0. The molecule has 8 heteroatoms. The highest BCUT2D eigenvalue weighted by Gasteiger charge is 2.24. The number of anilines is 1. The Hall–Kier alpha value is -1.80. The van der Waals surface area contributed by atoms with Crippen molar-refractivity contribution in [2.45, 2.75) is 12.2 Å². The van der Waals surface area contributed by atoms with Crippen molar-refractivity contribution < 1.29 is 9.72 Å². The van der Waals surface area contributed by atoms with Crippen molar-refractivity contribution in [3.8, 4) is 0 Å². The maximum absolute atomic E-state index is 12.4. The van der Waals surface area contributed by atoms with E-state index in [9.17, 15) is 14.9 Å². The number of amides is 1. The summed E-state index contributed by atoms with van der Waals surface area (Å²) in [6.45, 7) is 3.39. The van der Waals surface area contributed by atoms with Gasteiger partial charge in [0.2, 0.25) is 0 Å². The average molecular weight is 296 g/mol. The van der Waals surface area contributed by atoms with E-state index in [2.05, 4.69) is 12.3 Å². The van der Waals surface area contributed by atoms with Crippen molar-refractivity contribution in [1.29, 1.82) is 0 Å². The predicted molar refractivity (Wildman–Crippen MR) is 78.7 cm³/mol. The number of nitro benzene ring substituents is 1. The smallest absolute Gasteiger partial charge is 0.294 e. The molecule has 1 aromatic carbocycles. The summed E-state index contributed by atoms with van der Waals surface area (Å²) in [6, 6.07) is 4.27. The predicted octanol–water partition coefficient (Wildman–Crippen LogP) is 1.46. The summed E-state index contributed by atoms with van der Waals surface area (Å²) < 4.78 is 0. The Bertz CT molecular complexity index is 537. The second-order valence-electron chi connectivity index (χ2n) is 4.57. The Morgan fingerprint density at radius 1 is 1.60 bits per heavy atom. The number of nitrogens with zero attached hydrogens (tertiary/aromatic N) is 2. The fourth-order valence-electron chi connectivity index (χ4n) is 2.12. The summed E-state index contributed by atoms with van der Waals surface area (Å²) in [5, 5.41) is 11.3. The number of nitrogens with two attached hydrogens (primary N) is 1. The van der Waals surface area contributed by atoms with Crippen LogP contribution < -0.4 is 11.3 Å². The summed E-state index contributed by atoms with van der Waals surface area (Å²) in [5.41, 5.74) is 2.57. The number of nitrogen functional groups attached to an aromatic ring is 1. The fourth-order valence-corrected chi connectivity index (χ4v) is 3.14. The first kappa shape index (κ1) is 14.6. The number of hydrogen-bond acceptors (Lipinski definition) is 6. The lowest BCUT2D eigenvalue weighted by atomic mass is 10.1. The highest BCUT2D eigenvalue weighted by atomic mass is 32.2. The second kappa shape index (κ2) is 6.10. The van der Waals surface area contributed by atoms with Crippen LogP contribution in [-0.4, -0.2) is 39.8 Å². The van der Waals surface area contributed by atoms with E-state index in [4.69, 9.17) is 5.84 Å². The first-order chi connectivity index (χ1) is 9.52. The van der Waals surface area contributed by atoms with Gasteiger partial charge in [-0.25, -0.2) is 0 Å². The van der Waals surface area contributed by atoms with Crippen LogP contribution in [0.4, 0.5) is 11.4 Å². The van der Waals surface area contributed by atoms with Crippen LogP contribution in [0.15, 0.2) is 18.2 Å². The topological polar surface area (TPSA) is 102 Å². The number of hydrazine groups is 1. The van der Waals surface area contributed by atoms with Gasteiger partial charge in [0, 0.05) is 35.7 Å². The molecular formula is C12H16N4O3S. The number of carbonyl (C=O) groups is 1. The number of thioether (sulfide) groups is 1. The maximum atomic E-state index is 12.4. The van der Waals surface area contributed by atoms with Crippen LogP contribution in [0.1, 0.15) is 17.3 Å². The van der Waals surface area contributed by atoms with Crippen LogP contribution >= 0.6 is 11.8 Å². The van der Waals surface area contributed by atoms with Gasteiger partial charge in [-0.15, -0.1) is 0 Å². The third-order valence-electron chi connectivity index (χ3n) is 3.13. The molecule has 1 atom stereocenters. The van der Waals surface area contributed by atoms with Gasteiger partial charge in [-0.05, 0) is 12.1 Å². The van der Waals surface area contributed by atoms with Gasteiger partial charge < -0.3 is 10.3 Å². The number of hydrogen-bond donors (Lipinski definition) is 2. The van der Waals surface area contributed by atoms with Crippen molar-refractivity contribution in [2.75, 3.05) is 24.3 Å². The standard InChI is InChI=1S/C12H16N4O3S/c1-8-7-15(4-5-20-8)12(17)9-2-3-10(14-13)11(6-9)16(18)19/h2-3,6,8,14H,4-5,7,13H2,1H3. The molecular weight excluding hydrogens is 280 g/mol. The van der Waals surface area contributed by atoms with E-state index >= 15 is 0 Å². The lowest BCUT2D eigenvalue weighted by molar-refractivity contribution is -0.384. The van der Waals surface area contributed by atoms with Gasteiger partial charge in [0.1, 0.15) is 5.69 Å². The molecule has 1 aliphatic heterocycles. The van der Waals surface area contributed by atoms with Gasteiger partial charge in [0.05, 0.1) is 4.92 Å². The van der Waals surface area contributed by atoms with E-state index in [1.54, 1.807) is 11.0 Å². The molecule has 1 amide bonds. The minimum atomic E-state index is -0.555. The molecule has 3 N–H and O–H groups in total. The molecule has 0 bridgehead atoms. The van der Waals surface area contributed by atoms with Gasteiger partial charge in [0.15, 0.2) is 0 Å². The van der Waals surface area contributed by atoms with Crippen LogP contribution in [0.25, 0.3) is 0 Å². The van der Waals surface area contributed by atoms with E-state index in [1.807, 2.05) is 11.8 Å². The Morgan fingerprint density at radius 2 is 2.35 bits per heavy atom. The zero-order valence-corrected chi connectivity index (χ0v) is 11.9. The second-order valence-corrected chi connectivity index (χ2v) is 6.11. The van der Waals surface area contributed by atoms with E-state index in [0.29, 0.717) is 23.9 Å². The number of benzene rings is 1. The quantitative estimate of drug-likeness (QED) is 0.497. The van der Waals surface area contributed by atoms with Crippen molar-refractivity contribution in [3.05, 3.63) is 33.9 Å². The van der Waals surface area contributed by atoms with E-state index in [-0.39, 0.29) is 17.3 Å². The molecule has 0 radical (unpaired) electrons. The molecule has 1 aromatic rings. The highest BCUT2D eigenvalue weighted by molar-refractivity contribution is 7.99. The summed E-state index contributed by atoms with van der Waals surface area (Å²) in [4.78, 5) is 24.5. The molecule has 20 heavy (non-hydrogen) atoms. The lowest BCUT2D eigenvalue weighted by Gasteiger charge is -2.30. The molecule has 1 saturated heterocycles. The van der Waals surface area contributed by atoms with Crippen molar-refractivity contribution in [3.63, 3.8) is 0 Å². The third kappa shape index (κ3) is 3.02. The molecule has 1 aliphatic rings. The Labute approximate surface area is 120 Å². The highest BCUT2D eigenvalue weighted by Crippen LogP contribution is 2.26. The zero-order valence-electron chi connectivity index (χ0n) is 11.0. The molecule has 108 valence electrons. The van der Waals surface area contributed by atoms with Crippen molar-refractivity contribution >= 4 is 29.0 Å². The fraction of sp³-hybridized carbons (Fsp3) is 0.417. The minimum Gasteiger partial charge on any atom is -0.337 e. The molecule has 0 aromatic heterocycles. The van der Waals surface area contributed by atoms with Crippen molar-refractivity contribution in [2.24, 2.45) is 5.84 Å². The third-order valence-corrected chi connectivity index (χ3v) is 4.26. The van der Waals surface area contributed by atoms with Gasteiger partial charge in [-0.3, -0.25) is 20.8 Å². The SMILES string of the molecule is CC1CN(C(=O)c2ccc(NN)c([N+](=O)[O-])c2)CCS1. The average Bonchev–Trinajstić information content (AvgIpc) is 2.45. The molecule has 0 aliphatic carbocycles. The normalized spacial score (nSPS) is 18.7. The largest absolute Gasteiger partial charge is 0.337 e. The lowest BCUT2D eigenvalue weighted by Crippen LogP contribution is -2.41. The minimum absolute atomic E-state index is 0.177. The van der Waals surface area contributed by atoms with Crippen LogP contribution in [0, 0.1) is 10.1 Å². The molecule has 0 saturated carbocycles. The first-order valence-corrected chi connectivity index (χ1v) is 7.23. The maximum Gasteiger partial charge on any atom is 0.294 e. The molecule has 1 fully saturated rings. The number of nitrogens with one attached hydrogen (secondary N) is 1. The molecule has 7 nitrogen and oxygen atoms in total. The van der Waals surface area contributed by atoms with Crippen LogP contribution in [-0.2, 0) is 0 Å². The van der Waals surface area contributed by atoms with Gasteiger partial charge in [-0.2, -0.15) is 11.8 Å². The van der Waals surface area contributed by atoms with E-state index in [1.165, 1.54) is 12.1 Å². The summed E-state index contributed by atoms with van der Waals surface area (Å²) >= 11 is 1.82. The van der Waals surface area contributed by atoms with Gasteiger partial charge >= 0.3 is 0 Å². The Kier molecular flexibility index (Phi) is 4.46. The number of rotatable bonds is 3. The molecule has 0 spiro atoms. The Morgan fingerprint density at radius 3 is 2.95 bits per heavy atom. The molecule has 2 rings (SSSR count). The monoisotopic (exact) mass is 296 g/mol. The van der Waals surface area contributed by atoms with Crippen LogP contribution in [0.3, 0.4) is 0 Å². The van der Waals surface area contributed by atoms with Crippen LogP contribution in [0.5, 0.6) is 0 Å². The Balaban J connectivity index is 2.26.